The van der Waals surface area contributed by atoms with Gasteiger partial charge in [-0.3, -0.25) is 9.59 Å². The summed E-state index contributed by atoms with van der Waals surface area (Å²) < 4.78 is 5.01. The molecular formula is C13H17ClN2O3. The van der Waals surface area contributed by atoms with Gasteiger partial charge in [0, 0.05) is 19.3 Å². The zero-order valence-corrected chi connectivity index (χ0v) is 11.6. The van der Waals surface area contributed by atoms with E-state index in [1.54, 1.807) is 24.1 Å². The highest BCUT2D eigenvalue weighted by atomic mass is 35.5. The van der Waals surface area contributed by atoms with E-state index in [-0.39, 0.29) is 17.8 Å². The fraction of sp³-hybridized carbons (Fsp3) is 0.538. The van der Waals surface area contributed by atoms with Crippen molar-refractivity contribution in [3.05, 3.63) is 23.0 Å². The molecule has 0 aromatic carbocycles. The summed E-state index contributed by atoms with van der Waals surface area (Å²) in [6.07, 6.45) is 3.15. The largest absolute Gasteiger partial charge is 0.466 e. The summed E-state index contributed by atoms with van der Waals surface area (Å²) in [4.78, 5) is 28.4. The van der Waals surface area contributed by atoms with Crippen molar-refractivity contribution in [3.63, 3.8) is 0 Å². The van der Waals surface area contributed by atoms with Gasteiger partial charge in [-0.25, -0.2) is 0 Å². The van der Waals surface area contributed by atoms with E-state index in [0.29, 0.717) is 30.4 Å². The van der Waals surface area contributed by atoms with Gasteiger partial charge in [0.25, 0.3) is 5.91 Å². The molecule has 5 nitrogen and oxygen atoms in total. The van der Waals surface area contributed by atoms with Crippen LogP contribution < -0.4 is 0 Å². The third-order valence-corrected chi connectivity index (χ3v) is 3.42. The van der Waals surface area contributed by atoms with Gasteiger partial charge in [-0.05, 0) is 25.8 Å². The lowest BCUT2D eigenvalue weighted by Crippen LogP contribution is -2.42. The number of carbonyl (C=O) groups excluding carboxylic acids is 2. The van der Waals surface area contributed by atoms with Gasteiger partial charge in [0.2, 0.25) is 0 Å². The number of H-pyrrole nitrogens is 1. The molecule has 1 aliphatic rings. The monoisotopic (exact) mass is 284 g/mol. The first-order valence-electron chi connectivity index (χ1n) is 6.41. The molecule has 1 N–H and O–H groups in total. The second-order valence-electron chi connectivity index (χ2n) is 4.57. The number of esters is 1. The second-order valence-corrected chi connectivity index (χ2v) is 5.01. The van der Waals surface area contributed by atoms with Crippen molar-refractivity contribution in [2.45, 2.75) is 19.8 Å². The fourth-order valence-corrected chi connectivity index (χ4v) is 2.44. The number of nitrogens with zero attached hydrogens (tertiary/aromatic N) is 1. The smallest absolute Gasteiger partial charge is 0.310 e. The molecule has 0 bridgehead atoms. The van der Waals surface area contributed by atoms with Gasteiger partial charge in [0.1, 0.15) is 5.69 Å². The molecule has 1 amide bonds. The molecule has 104 valence electrons. The fourth-order valence-electron chi connectivity index (χ4n) is 2.28. The number of piperidine rings is 1. The van der Waals surface area contributed by atoms with Gasteiger partial charge in [0.05, 0.1) is 17.5 Å². The summed E-state index contributed by atoms with van der Waals surface area (Å²) in [7, 11) is 0. The molecule has 1 aromatic rings. The summed E-state index contributed by atoms with van der Waals surface area (Å²) in [6.45, 7) is 3.22. The Hall–Kier alpha value is -1.49. The number of hydrogen-bond acceptors (Lipinski definition) is 3. The van der Waals surface area contributed by atoms with Crippen LogP contribution in [0, 0.1) is 5.92 Å². The number of nitrogens with one attached hydrogen (secondary N) is 1. The van der Waals surface area contributed by atoms with Crippen molar-refractivity contribution in [1.29, 1.82) is 0 Å². The zero-order chi connectivity index (χ0) is 13.8. The predicted molar refractivity (Wildman–Crippen MR) is 71.1 cm³/mol. The van der Waals surface area contributed by atoms with Crippen LogP contribution in [0.3, 0.4) is 0 Å². The molecule has 0 radical (unpaired) electrons. The standard InChI is InChI=1S/C13H17ClN2O3/c1-2-19-13(18)9-4-3-5-16(8-9)12(17)11-6-10(14)7-15-11/h6-7,9,15H,2-5,8H2,1H3/t9-/m0/s1. The van der Waals surface area contributed by atoms with Crippen LogP contribution in [0.1, 0.15) is 30.3 Å². The van der Waals surface area contributed by atoms with Crippen molar-refractivity contribution in [2.75, 3.05) is 19.7 Å². The summed E-state index contributed by atoms with van der Waals surface area (Å²) in [6, 6.07) is 1.60. The van der Waals surface area contributed by atoms with Gasteiger partial charge >= 0.3 is 5.97 Å². The first-order valence-corrected chi connectivity index (χ1v) is 6.79. The molecule has 0 spiro atoms. The molecule has 2 rings (SSSR count). The molecule has 1 saturated heterocycles. The van der Waals surface area contributed by atoms with E-state index in [1.807, 2.05) is 0 Å². The molecule has 2 heterocycles. The molecule has 1 aliphatic heterocycles. The highest BCUT2D eigenvalue weighted by Crippen LogP contribution is 2.20. The molecule has 1 atom stereocenters. The van der Waals surface area contributed by atoms with E-state index in [0.717, 1.165) is 12.8 Å². The van der Waals surface area contributed by atoms with E-state index in [9.17, 15) is 9.59 Å². The lowest BCUT2D eigenvalue weighted by atomic mass is 9.98. The van der Waals surface area contributed by atoms with Crippen molar-refractivity contribution < 1.29 is 14.3 Å². The Kier molecular flexibility index (Phi) is 4.47. The maximum atomic E-state index is 12.2. The molecule has 1 fully saturated rings. The SMILES string of the molecule is CCOC(=O)[C@H]1CCCN(C(=O)c2cc(Cl)c[nH]2)C1. The van der Waals surface area contributed by atoms with Crippen LogP contribution in [0.2, 0.25) is 5.02 Å². The van der Waals surface area contributed by atoms with Crippen LogP contribution in [0.15, 0.2) is 12.3 Å². The molecule has 1 aromatic heterocycles. The lowest BCUT2D eigenvalue weighted by molar-refractivity contribution is -0.149. The normalized spacial score (nSPS) is 19.3. The Morgan fingerprint density at radius 3 is 3.00 bits per heavy atom. The minimum atomic E-state index is -0.219. The quantitative estimate of drug-likeness (QED) is 0.865. The number of aromatic amines is 1. The van der Waals surface area contributed by atoms with Gasteiger partial charge in [-0.1, -0.05) is 11.6 Å². The van der Waals surface area contributed by atoms with Crippen LogP contribution >= 0.6 is 11.6 Å². The van der Waals surface area contributed by atoms with Crippen LogP contribution in [-0.4, -0.2) is 41.5 Å². The van der Waals surface area contributed by atoms with E-state index < -0.39 is 0 Å². The Morgan fingerprint density at radius 1 is 1.58 bits per heavy atom. The number of rotatable bonds is 3. The summed E-state index contributed by atoms with van der Waals surface area (Å²) in [5, 5.41) is 0.502. The maximum Gasteiger partial charge on any atom is 0.310 e. The van der Waals surface area contributed by atoms with Crippen molar-refractivity contribution in [2.24, 2.45) is 5.92 Å². The first-order chi connectivity index (χ1) is 9.11. The molecule has 0 unspecified atom stereocenters. The van der Waals surface area contributed by atoms with Gasteiger partial charge < -0.3 is 14.6 Å². The summed E-state index contributed by atoms with van der Waals surface area (Å²) in [5.74, 6) is -0.562. The number of amides is 1. The first kappa shape index (κ1) is 13.9. The zero-order valence-electron chi connectivity index (χ0n) is 10.8. The number of ether oxygens (including phenoxy) is 1. The minimum absolute atomic E-state index is 0.124. The van der Waals surface area contributed by atoms with E-state index in [2.05, 4.69) is 4.98 Å². The van der Waals surface area contributed by atoms with E-state index in [4.69, 9.17) is 16.3 Å². The van der Waals surface area contributed by atoms with Crippen LogP contribution in [0.25, 0.3) is 0 Å². The number of carbonyl (C=O) groups is 2. The second kappa shape index (κ2) is 6.10. The van der Waals surface area contributed by atoms with Gasteiger partial charge in [-0.2, -0.15) is 0 Å². The molecule has 6 heteroatoms. The number of hydrogen-bond donors (Lipinski definition) is 1. The average Bonchev–Trinajstić information content (AvgIpc) is 2.85. The molecule has 0 aliphatic carbocycles. The average molecular weight is 285 g/mol. The number of likely N-dealkylation sites (tertiary alicyclic amines) is 1. The Balaban J connectivity index is 2.01. The van der Waals surface area contributed by atoms with Gasteiger partial charge in [0.15, 0.2) is 0 Å². The third kappa shape index (κ3) is 3.29. The van der Waals surface area contributed by atoms with Crippen molar-refractivity contribution >= 4 is 23.5 Å². The predicted octanol–water partition coefficient (Wildman–Crippen LogP) is 2.08. The topological polar surface area (TPSA) is 62.4 Å². The highest BCUT2D eigenvalue weighted by Gasteiger charge is 2.30. The third-order valence-electron chi connectivity index (χ3n) is 3.21. The molecular weight excluding hydrogens is 268 g/mol. The number of halogens is 1. The molecule has 19 heavy (non-hydrogen) atoms. The Morgan fingerprint density at radius 2 is 2.37 bits per heavy atom. The maximum absolute atomic E-state index is 12.2. The lowest BCUT2D eigenvalue weighted by Gasteiger charge is -2.31. The highest BCUT2D eigenvalue weighted by molar-refractivity contribution is 6.30. The summed E-state index contributed by atoms with van der Waals surface area (Å²) in [5.41, 5.74) is 0.453. The summed E-state index contributed by atoms with van der Waals surface area (Å²) >= 11 is 5.79. The van der Waals surface area contributed by atoms with E-state index >= 15 is 0 Å². The Labute approximate surface area is 116 Å². The van der Waals surface area contributed by atoms with Gasteiger partial charge in [-0.15, -0.1) is 0 Å². The molecule has 0 saturated carbocycles. The van der Waals surface area contributed by atoms with Crippen LogP contribution in [0.5, 0.6) is 0 Å². The van der Waals surface area contributed by atoms with Crippen molar-refractivity contribution in [1.82, 2.24) is 9.88 Å². The van der Waals surface area contributed by atoms with E-state index in [1.165, 1.54) is 0 Å². The number of aromatic nitrogens is 1. The van der Waals surface area contributed by atoms with Crippen LogP contribution in [0.4, 0.5) is 0 Å². The van der Waals surface area contributed by atoms with Crippen molar-refractivity contribution in [3.8, 4) is 0 Å². The minimum Gasteiger partial charge on any atom is -0.466 e. The van der Waals surface area contributed by atoms with Crippen LogP contribution in [-0.2, 0) is 9.53 Å². The Bertz CT molecular complexity index is 472.